The van der Waals surface area contributed by atoms with Crippen LogP contribution in [-0.2, 0) is 14.8 Å². The number of piperazine rings is 1. The molecule has 0 spiro atoms. The standard InChI is InChI=1S/C19H22FN3O3S/c1-14(17-4-2-3-5-18(17)20)19(24)23-12-10-22(11-13-23)15-6-8-16(9-7-15)27(21,25)26/h2-9,14H,10-13H2,1H3,(H2,21,25,26). The first-order valence-electron chi connectivity index (χ1n) is 8.68. The summed E-state index contributed by atoms with van der Waals surface area (Å²) in [6.45, 7) is 4.00. The summed E-state index contributed by atoms with van der Waals surface area (Å²) in [5, 5.41) is 5.11. The van der Waals surface area contributed by atoms with E-state index in [0.29, 0.717) is 31.7 Å². The van der Waals surface area contributed by atoms with Crippen LogP contribution in [0.5, 0.6) is 0 Å². The Morgan fingerprint density at radius 2 is 1.63 bits per heavy atom. The molecule has 0 bridgehead atoms. The van der Waals surface area contributed by atoms with Crippen molar-refractivity contribution in [3.05, 3.63) is 59.9 Å². The lowest BCUT2D eigenvalue weighted by molar-refractivity contribution is -0.132. The Morgan fingerprint density at radius 1 is 1.04 bits per heavy atom. The third kappa shape index (κ3) is 4.28. The van der Waals surface area contributed by atoms with Crippen LogP contribution in [0.2, 0.25) is 0 Å². The first-order chi connectivity index (χ1) is 12.8. The minimum atomic E-state index is -3.71. The molecule has 8 heteroatoms. The smallest absolute Gasteiger partial charge is 0.238 e. The molecule has 1 amide bonds. The lowest BCUT2D eigenvalue weighted by atomic mass is 9.98. The van der Waals surface area contributed by atoms with Crippen molar-refractivity contribution in [2.24, 2.45) is 5.14 Å². The van der Waals surface area contributed by atoms with Crippen LogP contribution < -0.4 is 10.0 Å². The number of primary sulfonamides is 1. The molecule has 0 saturated carbocycles. The number of hydrogen-bond donors (Lipinski definition) is 1. The van der Waals surface area contributed by atoms with Crippen LogP contribution in [0.1, 0.15) is 18.4 Å². The molecule has 1 unspecified atom stereocenters. The van der Waals surface area contributed by atoms with Gasteiger partial charge in [-0.05, 0) is 42.8 Å². The van der Waals surface area contributed by atoms with E-state index in [-0.39, 0.29) is 16.6 Å². The fourth-order valence-electron chi connectivity index (χ4n) is 3.26. The Kier molecular flexibility index (Phi) is 5.48. The number of amides is 1. The van der Waals surface area contributed by atoms with Crippen molar-refractivity contribution in [1.82, 2.24) is 4.90 Å². The fourth-order valence-corrected chi connectivity index (χ4v) is 3.78. The Labute approximate surface area is 158 Å². The van der Waals surface area contributed by atoms with Crippen LogP contribution in [0.4, 0.5) is 10.1 Å². The summed E-state index contributed by atoms with van der Waals surface area (Å²) in [5.41, 5.74) is 1.28. The summed E-state index contributed by atoms with van der Waals surface area (Å²) in [5.74, 6) is -0.997. The van der Waals surface area contributed by atoms with E-state index in [0.717, 1.165) is 5.69 Å². The highest BCUT2D eigenvalue weighted by atomic mass is 32.2. The molecule has 1 atom stereocenters. The first-order valence-corrected chi connectivity index (χ1v) is 10.2. The Bertz CT molecular complexity index is 923. The van der Waals surface area contributed by atoms with Crippen LogP contribution in [0.15, 0.2) is 53.4 Å². The predicted molar refractivity (Wildman–Crippen MR) is 101 cm³/mol. The van der Waals surface area contributed by atoms with Crippen molar-refractivity contribution < 1.29 is 17.6 Å². The number of carbonyl (C=O) groups is 1. The molecular formula is C19H22FN3O3S. The molecule has 1 aliphatic heterocycles. The molecule has 1 saturated heterocycles. The van der Waals surface area contributed by atoms with Gasteiger partial charge in [0.05, 0.1) is 10.8 Å². The van der Waals surface area contributed by atoms with Gasteiger partial charge < -0.3 is 9.80 Å². The van der Waals surface area contributed by atoms with Crippen molar-refractivity contribution in [1.29, 1.82) is 0 Å². The molecule has 0 radical (unpaired) electrons. The van der Waals surface area contributed by atoms with E-state index in [1.54, 1.807) is 42.2 Å². The third-order valence-electron chi connectivity index (χ3n) is 4.86. The van der Waals surface area contributed by atoms with E-state index in [9.17, 15) is 17.6 Å². The maximum Gasteiger partial charge on any atom is 0.238 e. The summed E-state index contributed by atoms with van der Waals surface area (Å²) < 4.78 is 36.6. The van der Waals surface area contributed by atoms with Crippen molar-refractivity contribution in [2.45, 2.75) is 17.7 Å². The molecule has 3 rings (SSSR count). The van der Waals surface area contributed by atoms with Gasteiger partial charge in [0.1, 0.15) is 5.82 Å². The largest absolute Gasteiger partial charge is 0.368 e. The summed E-state index contributed by atoms with van der Waals surface area (Å²) in [6.07, 6.45) is 0. The van der Waals surface area contributed by atoms with Crippen molar-refractivity contribution in [3.63, 3.8) is 0 Å². The van der Waals surface area contributed by atoms with Crippen LogP contribution in [0.25, 0.3) is 0 Å². The van der Waals surface area contributed by atoms with Gasteiger partial charge >= 0.3 is 0 Å². The number of carbonyl (C=O) groups excluding carboxylic acids is 1. The normalized spacial score (nSPS) is 16.3. The van der Waals surface area contributed by atoms with Gasteiger partial charge in [-0.25, -0.2) is 17.9 Å². The highest BCUT2D eigenvalue weighted by molar-refractivity contribution is 7.89. The molecule has 1 aliphatic rings. The highest BCUT2D eigenvalue weighted by Crippen LogP contribution is 2.23. The summed E-state index contributed by atoms with van der Waals surface area (Å²) in [7, 11) is -3.71. The quantitative estimate of drug-likeness (QED) is 0.863. The lowest BCUT2D eigenvalue weighted by Gasteiger charge is -2.37. The van der Waals surface area contributed by atoms with Crippen molar-refractivity contribution >= 4 is 21.6 Å². The first kappa shape index (κ1) is 19.3. The summed E-state index contributed by atoms with van der Waals surface area (Å²) in [4.78, 5) is 16.6. The number of benzene rings is 2. The zero-order chi connectivity index (χ0) is 19.6. The number of anilines is 1. The number of rotatable bonds is 4. The second-order valence-electron chi connectivity index (χ2n) is 6.59. The lowest BCUT2D eigenvalue weighted by Crippen LogP contribution is -2.49. The molecule has 0 aromatic heterocycles. The van der Waals surface area contributed by atoms with Crippen molar-refractivity contribution in [3.8, 4) is 0 Å². The van der Waals surface area contributed by atoms with Gasteiger partial charge in [0.25, 0.3) is 0 Å². The van der Waals surface area contributed by atoms with Gasteiger partial charge in [0, 0.05) is 31.9 Å². The molecule has 27 heavy (non-hydrogen) atoms. The maximum absolute atomic E-state index is 13.9. The molecule has 1 fully saturated rings. The number of sulfonamides is 1. The number of hydrogen-bond acceptors (Lipinski definition) is 4. The van der Waals surface area contributed by atoms with Gasteiger partial charge in [-0.2, -0.15) is 0 Å². The minimum Gasteiger partial charge on any atom is -0.368 e. The number of nitrogens with two attached hydrogens (primary N) is 1. The molecule has 0 aliphatic carbocycles. The number of nitrogens with zero attached hydrogens (tertiary/aromatic N) is 2. The van der Waals surface area contributed by atoms with Gasteiger partial charge in [-0.15, -0.1) is 0 Å². The van der Waals surface area contributed by atoms with E-state index >= 15 is 0 Å². The monoisotopic (exact) mass is 391 g/mol. The van der Waals surface area contributed by atoms with E-state index in [2.05, 4.69) is 4.90 Å². The van der Waals surface area contributed by atoms with E-state index < -0.39 is 15.9 Å². The van der Waals surface area contributed by atoms with Crippen LogP contribution in [-0.4, -0.2) is 45.4 Å². The Balaban J connectivity index is 1.63. The predicted octanol–water partition coefficient (Wildman–Crippen LogP) is 1.93. The Morgan fingerprint density at radius 3 is 2.19 bits per heavy atom. The average Bonchev–Trinajstić information content (AvgIpc) is 2.67. The maximum atomic E-state index is 13.9. The zero-order valence-corrected chi connectivity index (χ0v) is 15.8. The molecular weight excluding hydrogens is 369 g/mol. The molecule has 6 nitrogen and oxygen atoms in total. The van der Waals surface area contributed by atoms with Crippen molar-refractivity contribution in [2.75, 3.05) is 31.1 Å². The zero-order valence-electron chi connectivity index (χ0n) is 15.0. The molecule has 2 N–H and O–H groups in total. The summed E-state index contributed by atoms with van der Waals surface area (Å²) >= 11 is 0. The molecule has 2 aromatic rings. The summed E-state index contributed by atoms with van der Waals surface area (Å²) in [6, 6.07) is 12.7. The SMILES string of the molecule is CC(C(=O)N1CCN(c2ccc(S(N)(=O)=O)cc2)CC1)c1ccccc1F. The molecule has 2 aromatic carbocycles. The van der Waals surface area contributed by atoms with Gasteiger partial charge in [-0.1, -0.05) is 18.2 Å². The van der Waals surface area contributed by atoms with Gasteiger partial charge in [0.2, 0.25) is 15.9 Å². The van der Waals surface area contributed by atoms with Gasteiger partial charge in [-0.3, -0.25) is 4.79 Å². The van der Waals surface area contributed by atoms with Crippen LogP contribution in [0, 0.1) is 5.82 Å². The van der Waals surface area contributed by atoms with Crippen LogP contribution in [0.3, 0.4) is 0 Å². The molecule has 1 heterocycles. The van der Waals surface area contributed by atoms with E-state index in [1.165, 1.54) is 18.2 Å². The second kappa shape index (κ2) is 7.66. The highest BCUT2D eigenvalue weighted by Gasteiger charge is 2.27. The number of halogens is 1. The average molecular weight is 391 g/mol. The van der Waals surface area contributed by atoms with E-state index in [1.807, 2.05) is 0 Å². The Hall–Kier alpha value is -2.45. The molecule has 144 valence electrons. The fraction of sp³-hybridized carbons (Fsp3) is 0.316. The van der Waals surface area contributed by atoms with Gasteiger partial charge in [0.15, 0.2) is 0 Å². The van der Waals surface area contributed by atoms with Crippen LogP contribution >= 0.6 is 0 Å². The third-order valence-corrected chi connectivity index (χ3v) is 5.79. The minimum absolute atomic E-state index is 0.0683. The topological polar surface area (TPSA) is 83.7 Å². The van der Waals surface area contributed by atoms with E-state index in [4.69, 9.17) is 5.14 Å². The second-order valence-corrected chi connectivity index (χ2v) is 8.16.